The molecule has 0 aliphatic carbocycles. The van der Waals surface area contributed by atoms with Crippen LogP contribution in [0, 0.1) is 0 Å². The van der Waals surface area contributed by atoms with Gasteiger partial charge in [0.05, 0.1) is 11.6 Å². The van der Waals surface area contributed by atoms with Gasteiger partial charge in [-0.05, 0) is 26.0 Å². The Morgan fingerprint density at radius 1 is 1.17 bits per heavy atom. The molecule has 0 radical (unpaired) electrons. The Hall–Kier alpha value is -2.01. The van der Waals surface area contributed by atoms with Crippen molar-refractivity contribution in [2.24, 2.45) is 0 Å². The van der Waals surface area contributed by atoms with E-state index >= 15 is 0 Å². The number of phenolic OH excluding ortho intramolecular Hbond substituents is 2. The van der Waals surface area contributed by atoms with Gasteiger partial charge in [0, 0.05) is 18.4 Å². The number of phenols is 2. The van der Waals surface area contributed by atoms with Gasteiger partial charge in [-0.25, -0.2) is 4.98 Å². The highest BCUT2D eigenvalue weighted by Gasteiger charge is 2.18. The summed E-state index contributed by atoms with van der Waals surface area (Å²) in [6, 6.07) is 4.53. The van der Waals surface area contributed by atoms with Crippen molar-refractivity contribution in [2.45, 2.75) is 25.9 Å². The third-order valence-corrected chi connectivity index (χ3v) is 2.92. The van der Waals surface area contributed by atoms with Crippen LogP contribution in [0.4, 0.5) is 0 Å². The number of aromatic nitrogens is 2. The molecule has 1 aromatic heterocycles. The maximum Gasteiger partial charge on any atom is 0.124 e. The number of nitrogens with zero attached hydrogens (tertiary/aromatic N) is 1. The van der Waals surface area contributed by atoms with E-state index in [-0.39, 0.29) is 23.6 Å². The molecule has 0 aliphatic heterocycles. The van der Waals surface area contributed by atoms with Gasteiger partial charge in [0.15, 0.2) is 0 Å². The Morgan fingerprint density at radius 3 is 2.39 bits per heavy atom. The molecule has 0 saturated carbocycles. The first-order chi connectivity index (χ1) is 8.59. The molecule has 5 heteroatoms. The first kappa shape index (κ1) is 12.4. The molecule has 0 spiro atoms. The molecule has 96 valence electrons. The summed E-state index contributed by atoms with van der Waals surface area (Å²) < 4.78 is 0. The zero-order valence-corrected chi connectivity index (χ0v) is 10.4. The van der Waals surface area contributed by atoms with E-state index in [1.807, 2.05) is 13.8 Å². The van der Waals surface area contributed by atoms with Crippen LogP contribution in [0.1, 0.15) is 37.3 Å². The molecular weight excluding hydrogens is 230 g/mol. The first-order valence-corrected chi connectivity index (χ1v) is 5.85. The molecule has 4 N–H and O–H groups in total. The highest BCUT2D eigenvalue weighted by molar-refractivity contribution is 5.44. The van der Waals surface area contributed by atoms with E-state index < -0.39 is 0 Å². The number of hydrogen-bond donors (Lipinski definition) is 4. The normalized spacial score (nSPS) is 14.3. The third kappa shape index (κ3) is 2.46. The lowest BCUT2D eigenvalue weighted by atomic mass is 10.0. The fourth-order valence-electron chi connectivity index (χ4n) is 2.04. The Bertz CT molecular complexity index is 491. The number of nitrogens with one attached hydrogen (secondary N) is 2. The minimum absolute atomic E-state index is 0.00555. The summed E-state index contributed by atoms with van der Waals surface area (Å²) in [6.07, 6.45) is 3.45. The molecular formula is C13H17N3O2. The highest BCUT2D eigenvalue weighted by atomic mass is 16.3. The molecule has 2 rings (SSSR count). The Labute approximate surface area is 106 Å². The topological polar surface area (TPSA) is 81.2 Å². The van der Waals surface area contributed by atoms with Crippen LogP contribution >= 0.6 is 0 Å². The van der Waals surface area contributed by atoms with E-state index in [4.69, 9.17) is 0 Å². The smallest absolute Gasteiger partial charge is 0.124 e. The van der Waals surface area contributed by atoms with Gasteiger partial charge in [0.2, 0.25) is 0 Å². The van der Waals surface area contributed by atoms with Crippen molar-refractivity contribution in [3.8, 4) is 11.5 Å². The molecule has 0 bridgehead atoms. The van der Waals surface area contributed by atoms with E-state index in [1.165, 1.54) is 0 Å². The van der Waals surface area contributed by atoms with Crippen LogP contribution in [0.25, 0.3) is 0 Å². The third-order valence-electron chi connectivity index (χ3n) is 2.92. The summed E-state index contributed by atoms with van der Waals surface area (Å²) >= 11 is 0. The first-order valence-electron chi connectivity index (χ1n) is 5.85. The van der Waals surface area contributed by atoms with Crippen molar-refractivity contribution in [1.29, 1.82) is 0 Å². The predicted octanol–water partition coefficient (Wildman–Crippen LogP) is 2.23. The SMILES string of the molecule is CC(NC(C)c1c(O)cccc1O)c1ncc[nH]1. The second kappa shape index (κ2) is 5.10. The fourth-order valence-corrected chi connectivity index (χ4v) is 2.04. The summed E-state index contributed by atoms with van der Waals surface area (Å²) in [5, 5.41) is 22.8. The number of aromatic hydroxyl groups is 2. The van der Waals surface area contributed by atoms with Gasteiger partial charge in [-0.2, -0.15) is 0 Å². The fraction of sp³-hybridized carbons (Fsp3) is 0.308. The van der Waals surface area contributed by atoms with Gasteiger partial charge >= 0.3 is 0 Å². The molecule has 18 heavy (non-hydrogen) atoms. The number of benzene rings is 1. The summed E-state index contributed by atoms with van der Waals surface area (Å²) in [4.78, 5) is 7.19. The van der Waals surface area contributed by atoms with E-state index in [0.29, 0.717) is 5.56 Å². The monoisotopic (exact) mass is 247 g/mol. The lowest BCUT2D eigenvalue weighted by Gasteiger charge is -2.20. The molecule has 5 nitrogen and oxygen atoms in total. The number of aromatic amines is 1. The van der Waals surface area contributed by atoms with Gasteiger partial charge < -0.3 is 20.5 Å². The molecule has 0 amide bonds. The van der Waals surface area contributed by atoms with Gasteiger partial charge in [-0.15, -0.1) is 0 Å². The zero-order valence-electron chi connectivity index (χ0n) is 10.4. The summed E-state index contributed by atoms with van der Waals surface area (Å²) in [5.74, 6) is 0.986. The van der Waals surface area contributed by atoms with Gasteiger partial charge in [-0.3, -0.25) is 0 Å². The molecule has 2 unspecified atom stereocenters. The minimum atomic E-state index is -0.189. The Morgan fingerprint density at radius 2 is 1.83 bits per heavy atom. The molecule has 1 aromatic carbocycles. The molecule has 0 aliphatic rings. The average Bonchev–Trinajstić information content (AvgIpc) is 2.81. The van der Waals surface area contributed by atoms with E-state index in [9.17, 15) is 10.2 Å². The van der Waals surface area contributed by atoms with Gasteiger partial charge in [0.25, 0.3) is 0 Å². The quantitative estimate of drug-likeness (QED) is 0.668. The van der Waals surface area contributed by atoms with Crippen molar-refractivity contribution in [3.63, 3.8) is 0 Å². The van der Waals surface area contributed by atoms with Crippen LogP contribution in [0.5, 0.6) is 11.5 Å². The standard InChI is InChI=1S/C13H17N3O2/c1-8(12-10(17)4-3-5-11(12)18)16-9(2)13-14-6-7-15-13/h3-9,16-18H,1-2H3,(H,14,15). The molecule has 2 atom stereocenters. The van der Waals surface area contributed by atoms with Crippen LogP contribution in [0.15, 0.2) is 30.6 Å². The van der Waals surface area contributed by atoms with Crippen LogP contribution < -0.4 is 5.32 Å². The molecule has 1 heterocycles. The van der Waals surface area contributed by atoms with Gasteiger partial charge in [0.1, 0.15) is 17.3 Å². The summed E-state index contributed by atoms with van der Waals surface area (Å²) in [6.45, 7) is 3.85. The van der Waals surface area contributed by atoms with Crippen LogP contribution in [-0.4, -0.2) is 20.2 Å². The number of hydrogen-bond acceptors (Lipinski definition) is 4. The molecule has 2 aromatic rings. The van der Waals surface area contributed by atoms with Crippen LogP contribution in [0.3, 0.4) is 0 Å². The Kier molecular flexibility index (Phi) is 3.53. The summed E-state index contributed by atoms with van der Waals surface area (Å²) in [5.41, 5.74) is 0.496. The minimum Gasteiger partial charge on any atom is -0.507 e. The summed E-state index contributed by atoms with van der Waals surface area (Å²) in [7, 11) is 0. The maximum absolute atomic E-state index is 9.78. The zero-order chi connectivity index (χ0) is 13.1. The highest BCUT2D eigenvalue weighted by Crippen LogP contribution is 2.33. The lowest BCUT2D eigenvalue weighted by molar-refractivity contribution is 0.404. The predicted molar refractivity (Wildman–Crippen MR) is 68.3 cm³/mol. The second-order valence-electron chi connectivity index (χ2n) is 4.29. The van der Waals surface area contributed by atoms with Crippen molar-refractivity contribution in [2.75, 3.05) is 0 Å². The lowest BCUT2D eigenvalue weighted by Crippen LogP contribution is -2.23. The number of H-pyrrole nitrogens is 1. The van der Waals surface area contributed by atoms with Gasteiger partial charge in [-0.1, -0.05) is 6.07 Å². The van der Waals surface area contributed by atoms with Crippen molar-refractivity contribution in [3.05, 3.63) is 42.0 Å². The number of imidazole rings is 1. The van der Waals surface area contributed by atoms with E-state index in [1.54, 1.807) is 30.6 Å². The molecule has 0 saturated heterocycles. The van der Waals surface area contributed by atoms with Crippen molar-refractivity contribution < 1.29 is 10.2 Å². The van der Waals surface area contributed by atoms with Crippen LogP contribution in [-0.2, 0) is 0 Å². The number of rotatable bonds is 4. The maximum atomic E-state index is 9.78. The van der Waals surface area contributed by atoms with Crippen LogP contribution in [0.2, 0.25) is 0 Å². The van der Waals surface area contributed by atoms with Crippen molar-refractivity contribution in [1.82, 2.24) is 15.3 Å². The van der Waals surface area contributed by atoms with E-state index in [2.05, 4.69) is 15.3 Å². The largest absolute Gasteiger partial charge is 0.507 e. The Balaban J connectivity index is 2.15. The molecule has 0 fully saturated rings. The second-order valence-corrected chi connectivity index (χ2v) is 4.29. The average molecular weight is 247 g/mol. The van der Waals surface area contributed by atoms with E-state index in [0.717, 1.165) is 5.82 Å². The van der Waals surface area contributed by atoms with Crippen molar-refractivity contribution >= 4 is 0 Å².